The molecular weight excluding hydrogens is 402 g/mol. The van der Waals surface area contributed by atoms with E-state index in [1.54, 1.807) is 11.3 Å². The molecule has 1 saturated carbocycles. The Balaban J connectivity index is 1.54. The van der Waals surface area contributed by atoms with Crippen molar-refractivity contribution < 1.29 is 4.74 Å². The number of benzene rings is 1. The lowest BCUT2D eigenvalue weighted by Crippen LogP contribution is -2.52. The van der Waals surface area contributed by atoms with Crippen molar-refractivity contribution in [1.29, 1.82) is 0 Å². The van der Waals surface area contributed by atoms with Gasteiger partial charge in [-0.05, 0) is 82.5 Å². The summed E-state index contributed by atoms with van der Waals surface area (Å²) in [4.78, 5) is 10.7. The van der Waals surface area contributed by atoms with Crippen LogP contribution in [0.5, 0.6) is 0 Å². The lowest BCUT2D eigenvalue weighted by molar-refractivity contribution is -0.106. The fourth-order valence-corrected chi connectivity index (χ4v) is 6.48. The molecule has 3 heterocycles. The van der Waals surface area contributed by atoms with E-state index >= 15 is 0 Å². The fourth-order valence-electron chi connectivity index (χ4n) is 5.85. The van der Waals surface area contributed by atoms with Crippen LogP contribution in [0.4, 0.5) is 0 Å². The Morgan fingerprint density at radius 1 is 1.26 bits per heavy atom. The van der Waals surface area contributed by atoms with Crippen LogP contribution in [-0.2, 0) is 16.8 Å². The Hall–Kier alpha value is -2.21. The summed E-state index contributed by atoms with van der Waals surface area (Å²) in [5.74, 6) is 0. The summed E-state index contributed by atoms with van der Waals surface area (Å²) in [6.07, 6.45) is 11.2. The third-order valence-electron chi connectivity index (χ3n) is 7.58. The number of nitrogens with zero attached hydrogens (tertiary/aromatic N) is 2. The summed E-state index contributed by atoms with van der Waals surface area (Å²) in [5, 5.41) is 4.45. The predicted octanol–water partition coefficient (Wildman–Crippen LogP) is 6.07. The number of fused-ring (bicyclic) bond motifs is 4. The quantitative estimate of drug-likeness (QED) is 0.508. The van der Waals surface area contributed by atoms with Crippen molar-refractivity contribution >= 4 is 22.2 Å². The zero-order valence-electron chi connectivity index (χ0n) is 18.7. The summed E-state index contributed by atoms with van der Waals surface area (Å²) < 4.78 is 6.58. The van der Waals surface area contributed by atoms with E-state index in [4.69, 9.17) is 4.74 Å². The van der Waals surface area contributed by atoms with Gasteiger partial charge in [-0.2, -0.15) is 0 Å². The molecule has 5 rings (SSSR count). The third-order valence-corrected chi connectivity index (χ3v) is 8.40. The molecule has 1 spiro atoms. The fraction of sp³-hybridized carbons (Fsp3) is 0.423. The van der Waals surface area contributed by atoms with E-state index in [1.165, 1.54) is 33.3 Å². The molecule has 0 amide bonds. The number of aromatic amines is 1. The topological polar surface area (TPSA) is 41.1 Å². The molecule has 162 valence electrons. The molecular formula is C26H31N3OS. The van der Waals surface area contributed by atoms with Gasteiger partial charge in [0.05, 0.1) is 12.3 Å². The molecule has 4 nitrogen and oxygen atoms in total. The van der Waals surface area contributed by atoms with Gasteiger partial charge in [0.15, 0.2) is 0 Å². The molecule has 0 saturated heterocycles. The van der Waals surface area contributed by atoms with Crippen molar-refractivity contribution in [2.24, 2.45) is 0 Å². The number of nitrogens with one attached hydrogen (secondary N) is 1. The van der Waals surface area contributed by atoms with Gasteiger partial charge in [-0.3, -0.25) is 4.90 Å². The summed E-state index contributed by atoms with van der Waals surface area (Å²) >= 11 is 1.69. The average molecular weight is 434 g/mol. The number of allylic oxidation sites excluding steroid dienone is 1. The van der Waals surface area contributed by atoms with Gasteiger partial charge in [-0.15, -0.1) is 11.3 Å². The maximum atomic E-state index is 6.58. The van der Waals surface area contributed by atoms with Crippen molar-refractivity contribution in [3.63, 3.8) is 0 Å². The second-order valence-electron chi connectivity index (χ2n) is 9.04. The zero-order valence-corrected chi connectivity index (χ0v) is 19.5. The molecule has 1 aromatic carbocycles. The minimum Gasteiger partial charge on any atom is -0.368 e. The molecule has 5 heteroatoms. The minimum atomic E-state index is -0.215. The van der Waals surface area contributed by atoms with E-state index in [9.17, 15) is 0 Å². The van der Waals surface area contributed by atoms with Gasteiger partial charge in [-0.25, -0.2) is 4.98 Å². The number of hydrogen-bond acceptors (Lipinski definition) is 4. The summed E-state index contributed by atoms with van der Waals surface area (Å²) in [5.41, 5.74) is 6.29. The predicted molar refractivity (Wildman–Crippen MR) is 130 cm³/mol. The third kappa shape index (κ3) is 3.13. The normalized spacial score (nSPS) is 26.5. The van der Waals surface area contributed by atoms with Crippen molar-refractivity contribution in [2.45, 2.75) is 50.2 Å². The molecule has 0 atom stereocenters. The van der Waals surface area contributed by atoms with Crippen molar-refractivity contribution in [2.75, 3.05) is 20.7 Å². The van der Waals surface area contributed by atoms with Gasteiger partial charge < -0.3 is 9.72 Å². The lowest BCUT2D eigenvalue weighted by atomic mass is 9.67. The number of H-pyrrole nitrogens is 1. The Labute approximate surface area is 188 Å². The van der Waals surface area contributed by atoms with Crippen LogP contribution < -0.4 is 0 Å². The number of thiazole rings is 1. The van der Waals surface area contributed by atoms with Crippen LogP contribution in [0.2, 0.25) is 0 Å². The highest BCUT2D eigenvalue weighted by atomic mass is 32.1. The summed E-state index contributed by atoms with van der Waals surface area (Å²) in [7, 11) is 4.39. The second kappa shape index (κ2) is 7.73. The molecule has 3 aromatic rings. The van der Waals surface area contributed by atoms with E-state index in [-0.39, 0.29) is 11.1 Å². The molecule has 1 fully saturated rings. The minimum absolute atomic E-state index is 0.0345. The first kappa shape index (κ1) is 20.7. The van der Waals surface area contributed by atoms with Gasteiger partial charge in [0.1, 0.15) is 10.6 Å². The first-order valence-electron chi connectivity index (χ1n) is 11.2. The van der Waals surface area contributed by atoms with Crippen LogP contribution in [0, 0.1) is 0 Å². The van der Waals surface area contributed by atoms with E-state index in [0.717, 1.165) is 43.7 Å². The van der Waals surface area contributed by atoms with Crippen LogP contribution in [0.25, 0.3) is 21.5 Å². The maximum absolute atomic E-state index is 6.58. The Morgan fingerprint density at radius 3 is 2.71 bits per heavy atom. The van der Waals surface area contributed by atoms with Crippen LogP contribution in [0.15, 0.2) is 54.1 Å². The maximum Gasteiger partial charge on any atom is 0.123 e. The largest absolute Gasteiger partial charge is 0.368 e. The highest BCUT2D eigenvalue weighted by Crippen LogP contribution is 2.51. The Morgan fingerprint density at radius 2 is 2.06 bits per heavy atom. The molecule has 0 unspecified atom stereocenters. The van der Waals surface area contributed by atoms with Crippen molar-refractivity contribution in [3.05, 3.63) is 65.3 Å². The summed E-state index contributed by atoms with van der Waals surface area (Å²) in [6.45, 7) is 7.01. The molecule has 2 aromatic heterocycles. The van der Waals surface area contributed by atoms with Gasteiger partial charge in [-0.1, -0.05) is 18.7 Å². The molecule has 1 aliphatic heterocycles. The highest BCUT2D eigenvalue weighted by Gasteiger charge is 2.49. The molecule has 1 aliphatic carbocycles. The van der Waals surface area contributed by atoms with Crippen molar-refractivity contribution in [1.82, 2.24) is 14.9 Å². The smallest absolute Gasteiger partial charge is 0.123 e. The number of aromatic nitrogens is 2. The first-order valence-corrected chi connectivity index (χ1v) is 12.1. The van der Waals surface area contributed by atoms with Crippen LogP contribution >= 0.6 is 11.3 Å². The van der Waals surface area contributed by atoms with Gasteiger partial charge in [0.25, 0.3) is 0 Å². The summed E-state index contributed by atoms with van der Waals surface area (Å²) in [6, 6.07) is 6.70. The average Bonchev–Trinajstić information content (AvgIpc) is 3.44. The number of ether oxygens (including phenoxy) is 1. The zero-order chi connectivity index (χ0) is 21.6. The lowest BCUT2D eigenvalue weighted by Gasteiger charge is -2.51. The highest BCUT2D eigenvalue weighted by molar-refractivity contribution is 7.13. The van der Waals surface area contributed by atoms with E-state index in [2.05, 4.69) is 66.7 Å². The van der Waals surface area contributed by atoms with Crippen molar-refractivity contribution in [3.8, 4) is 10.6 Å². The number of rotatable bonds is 4. The molecule has 0 radical (unpaired) electrons. The van der Waals surface area contributed by atoms with E-state index < -0.39 is 0 Å². The van der Waals surface area contributed by atoms with Crippen LogP contribution in [0.1, 0.15) is 43.9 Å². The Kier molecular flexibility index (Phi) is 5.16. The second-order valence-corrected chi connectivity index (χ2v) is 9.94. The van der Waals surface area contributed by atoms with E-state index in [0.29, 0.717) is 0 Å². The van der Waals surface area contributed by atoms with Gasteiger partial charge in [0.2, 0.25) is 0 Å². The molecule has 31 heavy (non-hydrogen) atoms. The molecule has 0 bridgehead atoms. The molecule has 2 aliphatic rings. The number of likely N-dealkylation sites (N-methyl/N-ethyl adjacent to an activating group) is 1. The molecule has 1 N–H and O–H groups in total. The first-order chi connectivity index (χ1) is 15.0. The van der Waals surface area contributed by atoms with Gasteiger partial charge in [0, 0.05) is 33.6 Å². The SMILES string of the molecule is C=C/C(=C\C)C1(N(C)C)CCC2(CC1)OCCc1c2[nH]c2ccc(-c3nccs3)cc12. The van der Waals surface area contributed by atoms with Crippen LogP contribution in [0.3, 0.4) is 0 Å². The number of hydrogen-bond donors (Lipinski definition) is 1. The Bertz CT molecular complexity index is 1130. The van der Waals surface area contributed by atoms with Crippen LogP contribution in [-0.4, -0.2) is 41.1 Å². The van der Waals surface area contributed by atoms with E-state index in [1.807, 2.05) is 17.7 Å². The monoisotopic (exact) mass is 433 g/mol. The van der Waals surface area contributed by atoms with Gasteiger partial charge >= 0.3 is 0 Å². The standard InChI is InChI=1S/C26H31N3OS/c1-5-19(6-2)25(29(3)4)10-12-26(13-11-25)23-20(9-15-30-26)21-17-18(7-8-22(21)28-23)24-27-14-16-31-24/h5-8,14,16-17,28H,1,9-13,15H2,2-4H3/b19-6+.